The van der Waals surface area contributed by atoms with Gasteiger partial charge in [-0.1, -0.05) is 19.8 Å². The van der Waals surface area contributed by atoms with Crippen molar-refractivity contribution in [3.05, 3.63) is 18.0 Å². The summed E-state index contributed by atoms with van der Waals surface area (Å²) in [4.78, 5) is 11.3. The van der Waals surface area contributed by atoms with Crippen LogP contribution in [0, 0.1) is 5.92 Å². The smallest absolute Gasteiger partial charge is 0.225 e. The van der Waals surface area contributed by atoms with Gasteiger partial charge in [-0.25, -0.2) is 9.97 Å². The molecular formula is C16H28N4O. The maximum atomic E-state index is 5.00. The van der Waals surface area contributed by atoms with Crippen LogP contribution >= 0.6 is 0 Å². The number of piperidine rings is 1. The second kappa shape index (κ2) is 8.95. The van der Waals surface area contributed by atoms with Crippen LogP contribution in [0.25, 0.3) is 0 Å². The molecule has 1 aromatic heterocycles. The molecule has 0 atom stereocenters. The second-order valence-electron chi connectivity index (χ2n) is 5.78. The molecule has 0 amide bonds. The lowest BCUT2D eigenvalue weighted by Crippen LogP contribution is -2.34. The van der Waals surface area contributed by atoms with Crippen molar-refractivity contribution in [1.29, 1.82) is 0 Å². The second-order valence-corrected chi connectivity index (χ2v) is 5.78. The van der Waals surface area contributed by atoms with E-state index in [-0.39, 0.29) is 0 Å². The molecule has 1 saturated heterocycles. The fourth-order valence-corrected chi connectivity index (χ4v) is 2.84. The zero-order chi connectivity index (χ0) is 14.9. The highest BCUT2D eigenvalue weighted by molar-refractivity contribution is 5.30. The van der Waals surface area contributed by atoms with E-state index in [1.165, 1.54) is 25.7 Å². The first-order chi connectivity index (χ1) is 10.3. The molecule has 0 unspecified atom stereocenters. The molecule has 0 bridgehead atoms. The van der Waals surface area contributed by atoms with Crippen LogP contribution in [0.2, 0.25) is 0 Å². The van der Waals surface area contributed by atoms with Crippen LogP contribution < -0.4 is 10.2 Å². The lowest BCUT2D eigenvalue weighted by molar-refractivity contribution is 0.199. The number of rotatable bonds is 8. The standard InChI is InChI=1S/C16H28N4O/c1-3-4-14-5-8-20(9-6-14)16-18-12-15(13-19-16)11-17-7-10-21-2/h12-14,17H,3-11H2,1-2H3. The van der Waals surface area contributed by atoms with Gasteiger partial charge in [0.25, 0.3) is 0 Å². The van der Waals surface area contributed by atoms with E-state index in [2.05, 4.69) is 27.1 Å². The molecule has 0 radical (unpaired) electrons. The largest absolute Gasteiger partial charge is 0.383 e. The molecule has 5 nitrogen and oxygen atoms in total. The first-order valence-corrected chi connectivity index (χ1v) is 8.09. The maximum absolute atomic E-state index is 5.00. The Hall–Kier alpha value is -1.20. The number of ether oxygens (including phenoxy) is 1. The number of hydrogen-bond donors (Lipinski definition) is 1. The average Bonchev–Trinajstić information content (AvgIpc) is 2.53. The summed E-state index contributed by atoms with van der Waals surface area (Å²) in [6.45, 7) is 6.83. The average molecular weight is 292 g/mol. The van der Waals surface area contributed by atoms with Crippen molar-refractivity contribution in [1.82, 2.24) is 15.3 Å². The molecule has 1 aromatic rings. The van der Waals surface area contributed by atoms with Gasteiger partial charge in [0.2, 0.25) is 5.95 Å². The monoisotopic (exact) mass is 292 g/mol. The van der Waals surface area contributed by atoms with Crippen LogP contribution in [0.5, 0.6) is 0 Å². The van der Waals surface area contributed by atoms with Gasteiger partial charge in [-0.3, -0.25) is 0 Å². The van der Waals surface area contributed by atoms with Crippen molar-refractivity contribution in [2.45, 2.75) is 39.2 Å². The molecule has 2 heterocycles. The number of methoxy groups -OCH3 is 1. The normalized spacial score (nSPS) is 16.4. The van der Waals surface area contributed by atoms with Crippen molar-refractivity contribution >= 4 is 5.95 Å². The predicted molar refractivity (Wildman–Crippen MR) is 85.5 cm³/mol. The van der Waals surface area contributed by atoms with Crippen molar-refractivity contribution in [3.8, 4) is 0 Å². The first kappa shape index (κ1) is 16.2. The highest BCUT2D eigenvalue weighted by Gasteiger charge is 2.20. The molecule has 0 saturated carbocycles. The van der Waals surface area contributed by atoms with Gasteiger partial charge >= 0.3 is 0 Å². The lowest BCUT2D eigenvalue weighted by atomic mass is 9.93. The summed E-state index contributed by atoms with van der Waals surface area (Å²) in [5.41, 5.74) is 1.12. The van der Waals surface area contributed by atoms with E-state index in [0.29, 0.717) is 0 Å². The summed E-state index contributed by atoms with van der Waals surface area (Å²) in [7, 11) is 1.71. The fourth-order valence-electron chi connectivity index (χ4n) is 2.84. The summed E-state index contributed by atoms with van der Waals surface area (Å²) in [5.74, 6) is 1.78. The Balaban J connectivity index is 1.77. The van der Waals surface area contributed by atoms with E-state index in [9.17, 15) is 0 Å². The molecule has 118 valence electrons. The van der Waals surface area contributed by atoms with Crippen molar-refractivity contribution in [2.75, 3.05) is 38.3 Å². The van der Waals surface area contributed by atoms with Crippen LogP contribution in [-0.4, -0.2) is 43.3 Å². The van der Waals surface area contributed by atoms with Gasteiger partial charge in [0.15, 0.2) is 0 Å². The van der Waals surface area contributed by atoms with E-state index in [1.54, 1.807) is 7.11 Å². The number of aromatic nitrogens is 2. The van der Waals surface area contributed by atoms with E-state index in [4.69, 9.17) is 4.74 Å². The van der Waals surface area contributed by atoms with Crippen LogP contribution in [-0.2, 0) is 11.3 Å². The molecule has 5 heteroatoms. The van der Waals surface area contributed by atoms with Gasteiger partial charge < -0.3 is 15.0 Å². The zero-order valence-electron chi connectivity index (χ0n) is 13.3. The Kier molecular flexibility index (Phi) is 6.89. The highest BCUT2D eigenvalue weighted by atomic mass is 16.5. The summed E-state index contributed by atoms with van der Waals surface area (Å²) in [6.07, 6.45) is 9.07. The molecule has 1 N–H and O–H groups in total. The third-order valence-corrected chi connectivity index (χ3v) is 4.10. The molecule has 2 rings (SSSR count). The molecule has 1 aliphatic rings. The lowest BCUT2D eigenvalue weighted by Gasteiger charge is -2.31. The topological polar surface area (TPSA) is 50.3 Å². The third kappa shape index (κ3) is 5.25. The van der Waals surface area contributed by atoms with Gasteiger partial charge in [-0.05, 0) is 18.8 Å². The van der Waals surface area contributed by atoms with E-state index in [1.807, 2.05) is 12.4 Å². The summed E-state index contributed by atoms with van der Waals surface area (Å²) >= 11 is 0. The third-order valence-electron chi connectivity index (χ3n) is 4.10. The Labute approximate surface area is 128 Å². The molecule has 1 fully saturated rings. The van der Waals surface area contributed by atoms with Crippen LogP contribution in [0.1, 0.15) is 38.2 Å². The number of hydrogen-bond acceptors (Lipinski definition) is 5. The van der Waals surface area contributed by atoms with Gasteiger partial charge in [-0.2, -0.15) is 0 Å². The Morgan fingerprint density at radius 2 is 2.00 bits per heavy atom. The number of nitrogens with one attached hydrogen (secondary N) is 1. The highest BCUT2D eigenvalue weighted by Crippen LogP contribution is 2.23. The number of anilines is 1. The minimum Gasteiger partial charge on any atom is -0.383 e. The minimum absolute atomic E-state index is 0.728. The summed E-state index contributed by atoms with van der Waals surface area (Å²) < 4.78 is 5.00. The maximum Gasteiger partial charge on any atom is 0.225 e. The van der Waals surface area contributed by atoms with Crippen LogP contribution in [0.3, 0.4) is 0 Å². The van der Waals surface area contributed by atoms with Gasteiger partial charge in [0, 0.05) is 51.2 Å². The van der Waals surface area contributed by atoms with Crippen molar-refractivity contribution in [2.24, 2.45) is 5.92 Å². The SMILES string of the molecule is CCCC1CCN(c2ncc(CNCCOC)cn2)CC1. The minimum atomic E-state index is 0.728. The van der Waals surface area contributed by atoms with Crippen molar-refractivity contribution in [3.63, 3.8) is 0 Å². The molecular weight excluding hydrogens is 264 g/mol. The quantitative estimate of drug-likeness (QED) is 0.745. The fraction of sp³-hybridized carbons (Fsp3) is 0.750. The summed E-state index contributed by atoms with van der Waals surface area (Å²) in [6, 6.07) is 0. The molecule has 1 aliphatic heterocycles. The molecule has 21 heavy (non-hydrogen) atoms. The molecule has 0 aliphatic carbocycles. The van der Waals surface area contributed by atoms with E-state index >= 15 is 0 Å². The Morgan fingerprint density at radius 3 is 2.62 bits per heavy atom. The first-order valence-electron chi connectivity index (χ1n) is 8.09. The van der Waals surface area contributed by atoms with Crippen LogP contribution in [0.4, 0.5) is 5.95 Å². The summed E-state index contributed by atoms with van der Waals surface area (Å²) in [5, 5.41) is 3.30. The molecule has 0 spiro atoms. The van der Waals surface area contributed by atoms with Gasteiger partial charge in [-0.15, -0.1) is 0 Å². The Morgan fingerprint density at radius 1 is 1.29 bits per heavy atom. The predicted octanol–water partition coefficient (Wildman–Crippen LogP) is 2.23. The number of nitrogens with zero attached hydrogens (tertiary/aromatic N) is 3. The van der Waals surface area contributed by atoms with E-state index < -0.39 is 0 Å². The van der Waals surface area contributed by atoms with Gasteiger partial charge in [0.1, 0.15) is 0 Å². The van der Waals surface area contributed by atoms with Crippen molar-refractivity contribution < 1.29 is 4.74 Å². The zero-order valence-corrected chi connectivity index (χ0v) is 13.3. The van der Waals surface area contributed by atoms with Crippen LogP contribution in [0.15, 0.2) is 12.4 Å². The molecule has 0 aromatic carbocycles. The Bertz CT molecular complexity index is 388. The van der Waals surface area contributed by atoms with E-state index in [0.717, 1.165) is 50.2 Å². The van der Waals surface area contributed by atoms with Gasteiger partial charge in [0.05, 0.1) is 6.61 Å².